The Morgan fingerprint density at radius 1 is 1.25 bits per heavy atom. The molecule has 0 saturated heterocycles. The van der Waals surface area contributed by atoms with Gasteiger partial charge in [0.1, 0.15) is 5.75 Å². The van der Waals surface area contributed by atoms with Gasteiger partial charge >= 0.3 is 0 Å². The number of ether oxygens (including phenoxy) is 1. The molecule has 0 spiro atoms. The topological polar surface area (TPSA) is 47.3 Å². The number of hydrogen-bond donors (Lipinski definition) is 2. The molecule has 3 nitrogen and oxygen atoms in total. The van der Waals surface area contributed by atoms with Crippen molar-refractivity contribution in [2.24, 2.45) is 5.84 Å². The average molecular weight is 354 g/mol. The minimum atomic E-state index is -0.0902. The highest BCUT2D eigenvalue weighted by Gasteiger charge is 2.19. The average Bonchev–Trinajstić information content (AvgIpc) is 2.89. The second kappa shape index (κ2) is 5.74. The maximum atomic E-state index is 5.99. The van der Waals surface area contributed by atoms with E-state index in [0.717, 1.165) is 34.4 Å². The molecule has 104 valence electrons. The Kier molecular flexibility index (Phi) is 3.98. The predicted molar refractivity (Wildman–Crippen MR) is 84.0 cm³/mol. The van der Waals surface area contributed by atoms with Crippen LogP contribution in [0.25, 0.3) is 0 Å². The van der Waals surface area contributed by atoms with Crippen molar-refractivity contribution in [2.45, 2.75) is 12.5 Å². The molecule has 0 aromatic heterocycles. The van der Waals surface area contributed by atoms with Gasteiger partial charge in [0.25, 0.3) is 0 Å². The van der Waals surface area contributed by atoms with E-state index in [1.807, 2.05) is 30.3 Å². The van der Waals surface area contributed by atoms with Crippen LogP contribution in [0.5, 0.6) is 5.75 Å². The second-order valence-electron chi connectivity index (χ2n) is 4.73. The van der Waals surface area contributed by atoms with Gasteiger partial charge in [-0.15, -0.1) is 0 Å². The third kappa shape index (κ3) is 2.56. The normalized spacial score (nSPS) is 14.8. The summed E-state index contributed by atoms with van der Waals surface area (Å²) in [6.45, 7) is 0.754. The third-order valence-corrected chi connectivity index (χ3v) is 4.41. The van der Waals surface area contributed by atoms with E-state index in [0.29, 0.717) is 5.02 Å². The van der Waals surface area contributed by atoms with Gasteiger partial charge in [-0.25, -0.2) is 5.43 Å². The van der Waals surface area contributed by atoms with Crippen LogP contribution in [0.1, 0.15) is 22.7 Å². The lowest BCUT2D eigenvalue weighted by Crippen LogP contribution is -2.29. The Labute approximate surface area is 131 Å². The fourth-order valence-corrected chi connectivity index (χ4v) is 3.40. The SMILES string of the molecule is NNC(c1ccc2c(c1)CCO2)c1ccc(Cl)cc1Br. The van der Waals surface area contributed by atoms with E-state index in [-0.39, 0.29) is 6.04 Å². The van der Waals surface area contributed by atoms with Gasteiger partial charge < -0.3 is 4.74 Å². The highest BCUT2D eigenvalue weighted by atomic mass is 79.9. The van der Waals surface area contributed by atoms with E-state index in [9.17, 15) is 0 Å². The first kappa shape index (κ1) is 13.9. The van der Waals surface area contributed by atoms with Crippen LogP contribution >= 0.6 is 27.5 Å². The van der Waals surface area contributed by atoms with E-state index in [4.69, 9.17) is 22.2 Å². The summed E-state index contributed by atoms with van der Waals surface area (Å²) in [7, 11) is 0. The largest absolute Gasteiger partial charge is 0.493 e. The number of rotatable bonds is 3. The van der Waals surface area contributed by atoms with E-state index in [1.54, 1.807) is 0 Å². The number of nitrogens with two attached hydrogens (primary N) is 1. The van der Waals surface area contributed by atoms with Crippen LogP contribution in [0, 0.1) is 0 Å². The summed E-state index contributed by atoms with van der Waals surface area (Å²) in [5.41, 5.74) is 6.26. The molecule has 2 aromatic rings. The number of fused-ring (bicyclic) bond motifs is 1. The minimum absolute atomic E-state index is 0.0902. The van der Waals surface area contributed by atoms with Crippen molar-refractivity contribution < 1.29 is 4.74 Å². The van der Waals surface area contributed by atoms with Crippen molar-refractivity contribution in [3.63, 3.8) is 0 Å². The zero-order valence-corrected chi connectivity index (χ0v) is 13.0. The standard InChI is InChI=1S/C15H14BrClN2O/c16-13-8-11(17)2-3-12(13)15(19-18)10-1-4-14-9(7-10)5-6-20-14/h1-4,7-8,15,19H,5-6,18H2. The predicted octanol–water partition coefficient (Wildman–Crippen LogP) is 3.59. The highest BCUT2D eigenvalue weighted by Crippen LogP contribution is 2.33. The van der Waals surface area contributed by atoms with Crippen LogP contribution in [0.3, 0.4) is 0 Å². The monoisotopic (exact) mass is 352 g/mol. The molecular weight excluding hydrogens is 340 g/mol. The fourth-order valence-electron chi connectivity index (χ4n) is 2.49. The quantitative estimate of drug-likeness (QED) is 0.655. The van der Waals surface area contributed by atoms with Gasteiger partial charge in [0, 0.05) is 15.9 Å². The third-order valence-electron chi connectivity index (χ3n) is 3.49. The van der Waals surface area contributed by atoms with Crippen LogP contribution in [0.15, 0.2) is 40.9 Å². The lowest BCUT2D eigenvalue weighted by atomic mass is 9.97. The summed E-state index contributed by atoms with van der Waals surface area (Å²) < 4.78 is 6.47. The molecule has 5 heteroatoms. The molecular formula is C15H14BrClN2O. The summed E-state index contributed by atoms with van der Waals surface area (Å²) in [6, 6.07) is 11.8. The van der Waals surface area contributed by atoms with Gasteiger partial charge in [-0.1, -0.05) is 45.7 Å². The van der Waals surface area contributed by atoms with Crippen LogP contribution in [-0.4, -0.2) is 6.61 Å². The maximum absolute atomic E-state index is 5.99. The summed E-state index contributed by atoms with van der Waals surface area (Å²) in [5.74, 6) is 6.73. The van der Waals surface area contributed by atoms with Gasteiger partial charge in [0.2, 0.25) is 0 Å². The molecule has 1 atom stereocenters. The summed E-state index contributed by atoms with van der Waals surface area (Å²) in [6.07, 6.45) is 0.947. The first-order chi connectivity index (χ1) is 9.69. The number of benzene rings is 2. The molecule has 3 rings (SSSR count). The molecule has 1 aliphatic heterocycles. The van der Waals surface area contributed by atoms with Crippen molar-refractivity contribution in [1.29, 1.82) is 0 Å². The Morgan fingerprint density at radius 3 is 2.85 bits per heavy atom. The second-order valence-corrected chi connectivity index (χ2v) is 6.02. The minimum Gasteiger partial charge on any atom is -0.493 e. The van der Waals surface area contributed by atoms with Crippen LogP contribution in [0.2, 0.25) is 5.02 Å². The fraction of sp³-hybridized carbons (Fsp3) is 0.200. The first-order valence-electron chi connectivity index (χ1n) is 6.36. The molecule has 0 bridgehead atoms. The van der Waals surface area contributed by atoms with E-state index in [2.05, 4.69) is 27.4 Å². The first-order valence-corrected chi connectivity index (χ1v) is 7.53. The van der Waals surface area contributed by atoms with Gasteiger partial charge in [0.15, 0.2) is 0 Å². The Hall–Kier alpha value is -1.07. The zero-order chi connectivity index (χ0) is 14.1. The van der Waals surface area contributed by atoms with Gasteiger partial charge in [-0.3, -0.25) is 5.84 Å². The molecule has 1 unspecified atom stereocenters. The summed E-state index contributed by atoms with van der Waals surface area (Å²) in [5, 5.41) is 0.693. The molecule has 0 fully saturated rings. The van der Waals surface area contributed by atoms with E-state index in [1.165, 1.54) is 5.56 Å². The molecule has 0 radical (unpaired) electrons. The van der Waals surface area contributed by atoms with Crippen molar-refractivity contribution >= 4 is 27.5 Å². The summed E-state index contributed by atoms with van der Waals surface area (Å²) >= 11 is 9.53. The molecule has 1 aliphatic rings. The maximum Gasteiger partial charge on any atom is 0.122 e. The summed E-state index contributed by atoms with van der Waals surface area (Å²) in [4.78, 5) is 0. The molecule has 0 aliphatic carbocycles. The Morgan fingerprint density at radius 2 is 2.10 bits per heavy atom. The number of halogens is 2. The molecule has 1 heterocycles. The molecule has 2 aromatic carbocycles. The van der Waals surface area contributed by atoms with Gasteiger partial charge in [0.05, 0.1) is 12.6 Å². The van der Waals surface area contributed by atoms with Gasteiger partial charge in [-0.05, 0) is 34.9 Å². The van der Waals surface area contributed by atoms with Crippen molar-refractivity contribution in [3.05, 3.63) is 62.6 Å². The molecule has 0 amide bonds. The Bertz CT molecular complexity index is 648. The van der Waals surface area contributed by atoms with Crippen molar-refractivity contribution in [2.75, 3.05) is 6.61 Å². The lowest BCUT2D eigenvalue weighted by molar-refractivity contribution is 0.357. The molecule has 0 saturated carbocycles. The smallest absolute Gasteiger partial charge is 0.122 e. The van der Waals surface area contributed by atoms with Crippen molar-refractivity contribution in [3.8, 4) is 5.75 Å². The Balaban J connectivity index is 2.01. The lowest BCUT2D eigenvalue weighted by Gasteiger charge is -2.19. The number of nitrogens with one attached hydrogen (secondary N) is 1. The number of hydrazine groups is 1. The van der Waals surface area contributed by atoms with Crippen LogP contribution < -0.4 is 16.0 Å². The molecule has 20 heavy (non-hydrogen) atoms. The van der Waals surface area contributed by atoms with E-state index >= 15 is 0 Å². The van der Waals surface area contributed by atoms with Gasteiger partial charge in [-0.2, -0.15) is 0 Å². The number of hydrogen-bond acceptors (Lipinski definition) is 3. The van der Waals surface area contributed by atoms with Crippen LogP contribution in [-0.2, 0) is 6.42 Å². The molecule has 3 N–H and O–H groups in total. The van der Waals surface area contributed by atoms with E-state index < -0.39 is 0 Å². The van der Waals surface area contributed by atoms with Crippen molar-refractivity contribution in [1.82, 2.24) is 5.43 Å². The van der Waals surface area contributed by atoms with Crippen LogP contribution in [0.4, 0.5) is 0 Å². The zero-order valence-electron chi connectivity index (χ0n) is 10.7. The highest BCUT2D eigenvalue weighted by molar-refractivity contribution is 9.10.